The maximum absolute atomic E-state index is 12.9. The first kappa shape index (κ1) is 21.1. The zero-order valence-electron chi connectivity index (χ0n) is 18.0. The van der Waals surface area contributed by atoms with Gasteiger partial charge in [0, 0.05) is 26.0 Å². The van der Waals surface area contributed by atoms with E-state index < -0.39 is 0 Å². The van der Waals surface area contributed by atoms with Crippen molar-refractivity contribution in [2.45, 2.75) is 43.0 Å². The number of thioether (sulfide) groups is 1. The van der Waals surface area contributed by atoms with Crippen molar-refractivity contribution in [1.29, 1.82) is 0 Å². The summed E-state index contributed by atoms with van der Waals surface area (Å²) in [4.78, 5) is 17.2. The average molecular weight is 441 g/mol. The topological polar surface area (TPSA) is 51.0 Å². The summed E-state index contributed by atoms with van der Waals surface area (Å²) in [7, 11) is 5.58. The number of likely N-dealkylation sites (N-methyl/N-ethyl adjacent to an activating group) is 1. The van der Waals surface area contributed by atoms with Gasteiger partial charge in [-0.25, -0.2) is 0 Å². The molecule has 0 fully saturated rings. The van der Waals surface area contributed by atoms with Crippen LogP contribution in [0.4, 0.5) is 0 Å². The predicted octanol–water partition coefficient (Wildman–Crippen LogP) is 4.98. The van der Waals surface area contributed by atoms with Crippen molar-refractivity contribution in [3.63, 3.8) is 0 Å². The standard InChI is InChI=1S/C23H28N4OS2/c1-5-15-11-12-18-17(13-15)14-19(29-18)21-24-25-23(27(21)4)30-20(22(28)26(2)3)16-9-7-6-8-10-16/h6-10,14-15,20H,5,11-13H2,1-4H3. The van der Waals surface area contributed by atoms with Crippen molar-refractivity contribution in [3.8, 4) is 10.7 Å². The molecule has 0 N–H and O–H groups in total. The Balaban J connectivity index is 1.61. The van der Waals surface area contributed by atoms with Crippen LogP contribution in [0.25, 0.3) is 10.7 Å². The van der Waals surface area contributed by atoms with Crippen LogP contribution in [-0.4, -0.2) is 39.7 Å². The van der Waals surface area contributed by atoms with Crippen molar-refractivity contribution in [1.82, 2.24) is 19.7 Å². The lowest BCUT2D eigenvalue weighted by atomic mass is 9.87. The third kappa shape index (κ3) is 4.18. The Morgan fingerprint density at radius 3 is 2.77 bits per heavy atom. The summed E-state index contributed by atoms with van der Waals surface area (Å²) >= 11 is 3.31. The third-order valence-corrected chi connectivity index (χ3v) is 8.32. The van der Waals surface area contributed by atoms with Gasteiger partial charge in [0.15, 0.2) is 11.0 Å². The molecule has 0 bridgehead atoms. The van der Waals surface area contributed by atoms with Gasteiger partial charge in [0.2, 0.25) is 5.91 Å². The summed E-state index contributed by atoms with van der Waals surface area (Å²) in [5.41, 5.74) is 2.46. The smallest absolute Gasteiger partial charge is 0.240 e. The van der Waals surface area contributed by atoms with Crippen LogP contribution in [0.15, 0.2) is 41.6 Å². The van der Waals surface area contributed by atoms with E-state index in [2.05, 4.69) is 23.2 Å². The number of hydrogen-bond acceptors (Lipinski definition) is 5. The monoisotopic (exact) mass is 440 g/mol. The summed E-state index contributed by atoms with van der Waals surface area (Å²) in [5, 5.41) is 9.35. The van der Waals surface area contributed by atoms with Gasteiger partial charge in [0.1, 0.15) is 5.25 Å². The fraction of sp³-hybridized carbons (Fsp3) is 0.435. The minimum atomic E-state index is -0.348. The van der Waals surface area contributed by atoms with E-state index in [0.29, 0.717) is 0 Å². The Hall–Kier alpha value is -2.12. The molecule has 3 aromatic rings. The summed E-state index contributed by atoms with van der Waals surface area (Å²) in [6, 6.07) is 12.2. The van der Waals surface area contributed by atoms with E-state index >= 15 is 0 Å². The number of carbonyl (C=O) groups is 1. The first-order valence-corrected chi connectivity index (χ1v) is 12.1. The van der Waals surface area contributed by atoms with E-state index in [9.17, 15) is 4.79 Å². The van der Waals surface area contributed by atoms with Gasteiger partial charge < -0.3 is 9.47 Å². The van der Waals surface area contributed by atoms with Gasteiger partial charge in [-0.1, -0.05) is 55.4 Å². The van der Waals surface area contributed by atoms with Crippen LogP contribution >= 0.6 is 23.1 Å². The molecule has 0 spiro atoms. The molecule has 2 unspecified atom stereocenters. The van der Waals surface area contributed by atoms with Crippen LogP contribution in [0.1, 0.15) is 41.0 Å². The van der Waals surface area contributed by atoms with E-state index in [1.807, 2.05) is 53.3 Å². The van der Waals surface area contributed by atoms with E-state index in [0.717, 1.165) is 22.5 Å². The number of hydrogen-bond donors (Lipinski definition) is 0. The van der Waals surface area contributed by atoms with Gasteiger partial charge >= 0.3 is 0 Å². The fourth-order valence-corrected chi connectivity index (χ4v) is 6.30. The summed E-state index contributed by atoms with van der Waals surface area (Å²) in [6.07, 6.45) is 4.88. The molecular weight excluding hydrogens is 412 g/mol. The lowest BCUT2D eigenvalue weighted by Crippen LogP contribution is -2.26. The van der Waals surface area contributed by atoms with Gasteiger partial charge in [-0.05, 0) is 42.4 Å². The second-order valence-electron chi connectivity index (χ2n) is 8.08. The molecule has 1 aromatic carbocycles. The van der Waals surface area contributed by atoms with Gasteiger partial charge in [-0.3, -0.25) is 4.79 Å². The second kappa shape index (κ2) is 8.94. The van der Waals surface area contributed by atoms with E-state index in [1.165, 1.54) is 52.8 Å². The SMILES string of the molecule is CCC1CCc2sc(-c3nnc(SC(C(=O)N(C)C)c4ccccc4)n3C)cc2C1. The third-order valence-electron chi connectivity index (χ3n) is 5.81. The molecular formula is C23H28N4OS2. The Bertz CT molecular complexity index is 1030. The Morgan fingerprint density at radius 1 is 1.30 bits per heavy atom. The molecule has 7 heteroatoms. The van der Waals surface area contributed by atoms with Crippen LogP contribution in [0.5, 0.6) is 0 Å². The number of aryl methyl sites for hydroxylation is 1. The van der Waals surface area contributed by atoms with Gasteiger partial charge in [-0.2, -0.15) is 0 Å². The van der Waals surface area contributed by atoms with Crippen LogP contribution in [-0.2, 0) is 24.7 Å². The highest BCUT2D eigenvalue weighted by molar-refractivity contribution is 8.00. The number of nitrogens with zero attached hydrogens (tertiary/aromatic N) is 4. The molecule has 1 amide bonds. The molecule has 0 aliphatic heterocycles. The Morgan fingerprint density at radius 2 is 2.07 bits per heavy atom. The molecule has 0 radical (unpaired) electrons. The molecule has 2 atom stereocenters. The Labute approximate surface area is 186 Å². The normalized spacial score (nSPS) is 16.9. The molecule has 0 saturated carbocycles. The zero-order chi connectivity index (χ0) is 21.3. The fourth-order valence-electron chi connectivity index (χ4n) is 3.92. The van der Waals surface area contributed by atoms with Crippen LogP contribution < -0.4 is 0 Å². The van der Waals surface area contributed by atoms with E-state index in [-0.39, 0.29) is 11.2 Å². The van der Waals surface area contributed by atoms with E-state index in [4.69, 9.17) is 0 Å². The van der Waals surface area contributed by atoms with Crippen molar-refractivity contribution >= 4 is 29.0 Å². The number of aromatic nitrogens is 3. The van der Waals surface area contributed by atoms with Crippen molar-refractivity contribution in [2.24, 2.45) is 13.0 Å². The number of amides is 1. The highest BCUT2D eigenvalue weighted by Gasteiger charge is 2.27. The number of rotatable bonds is 6. The molecule has 158 valence electrons. The van der Waals surface area contributed by atoms with E-state index in [1.54, 1.807) is 19.0 Å². The summed E-state index contributed by atoms with van der Waals surface area (Å²) < 4.78 is 2.03. The lowest BCUT2D eigenvalue weighted by Gasteiger charge is -2.20. The van der Waals surface area contributed by atoms with Gasteiger partial charge in [0.05, 0.1) is 4.88 Å². The number of fused-ring (bicyclic) bond motifs is 1. The maximum Gasteiger partial charge on any atom is 0.240 e. The molecule has 5 nitrogen and oxygen atoms in total. The first-order chi connectivity index (χ1) is 14.5. The number of thiophene rings is 1. The first-order valence-electron chi connectivity index (χ1n) is 10.4. The molecule has 1 aliphatic rings. The quantitative estimate of drug-likeness (QED) is 0.507. The largest absolute Gasteiger partial charge is 0.348 e. The highest BCUT2D eigenvalue weighted by Crippen LogP contribution is 2.40. The lowest BCUT2D eigenvalue weighted by molar-refractivity contribution is -0.128. The highest BCUT2D eigenvalue weighted by atomic mass is 32.2. The molecule has 0 saturated heterocycles. The number of carbonyl (C=O) groups excluding carboxylic acids is 1. The molecule has 2 heterocycles. The number of benzene rings is 1. The van der Waals surface area contributed by atoms with Crippen LogP contribution in [0.2, 0.25) is 0 Å². The van der Waals surface area contributed by atoms with Gasteiger partial charge in [-0.15, -0.1) is 21.5 Å². The van der Waals surface area contributed by atoms with Crippen molar-refractivity contribution in [2.75, 3.05) is 14.1 Å². The van der Waals surface area contributed by atoms with Crippen LogP contribution in [0.3, 0.4) is 0 Å². The second-order valence-corrected chi connectivity index (χ2v) is 10.3. The molecule has 30 heavy (non-hydrogen) atoms. The minimum absolute atomic E-state index is 0.0490. The molecule has 4 rings (SSSR count). The Kier molecular flexibility index (Phi) is 6.29. The molecule has 2 aromatic heterocycles. The minimum Gasteiger partial charge on any atom is -0.348 e. The summed E-state index contributed by atoms with van der Waals surface area (Å²) in [6.45, 7) is 2.29. The average Bonchev–Trinajstić information content (AvgIpc) is 3.34. The molecule has 1 aliphatic carbocycles. The predicted molar refractivity (Wildman–Crippen MR) is 124 cm³/mol. The summed E-state index contributed by atoms with van der Waals surface area (Å²) in [5.74, 6) is 1.73. The maximum atomic E-state index is 12.9. The van der Waals surface area contributed by atoms with Crippen LogP contribution in [0, 0.1) is 5.92 Å². The van der Waals surface area contributed by atoms with Gasteiger partial charge in [0.25, 0.3) is 0 Å². The van der Waals surface area contributed by atoms with Crippen molar-refractivity contribution < 1.29 is 4.79 Å². The van der Waals surface area contributed by atoms with Crippen molar-refractivity contribution in [3.05, 3.63) is 52.4 Å². The zero-order valence-corrected chi connectivity index (χ0v) is 19.6.